The Labute approximate surface area is 203 Å². The first kappa shape index (κ1) is 25.0. The Hall–Kier alpha value is -3.12. The quantitative estimate of drug-likeness (QED) is 0.644. The van der Waals surface area contributed by atoms with Crippen LogP contribution in [-0.2, 0) is 21.8 Å². The predicted octanol–water partition coefficient (Wildman–Crippen LogP) is 2.63. The maximum absolute atomic E-state index is 13.6. The largest absolute Gasteiger partial charge is 0.489 e. The summed E-state index contributed by atoms with van der Waals surface area (Å²) in [4.78, 5) is 26.9. The van der Waals surface area contributed by atoms with E-state index in [4.69, 9.17) is 9.47 Å². The van der Waals surface area contributed by atoms with Crippen LogP contribution < -0.4 is 14.8 Å². The topological polar surface area (TPSA) is 119 Å². The number of aryl methyl sites for hydroxylation is 2. The number of hydrogen-bond acceptors (Lipinski definition) is 6. The number of rotatable bonds is 2. The van der Waals surface area contributed by atoms with Crippen molar-refractivity contribution in [2.45, 2.75) is 44.2 Å². The number of likely N-dealkylation sites (tertiary alicyclic amines) is 1. The van der Waals surface area contributed by atoms with Crippen molar-refractivity contribution in [3.05, 3.63) is 41.5 Å². The molecule has 0 radical (unpaired) electrons. The normalized spacial score (nSPS) is 21.3. The number of fused-ring (bicyclic) bond motifs is 2. The second-order valence-electron chi connectivity index (χ2n) is 9.88. The molecule has 2 aliphatic rings. The van der Waals surface area contributed by atoms with Crippen molar-refractivity contribution in [3.8, 4) is 5.75 Å². The monoisotopic (exact) mass is 508 g/mol. The van der Waals surface area contributed by atoms with Crippen molar-refractivity contribution in [1.82, 2.24) is 14.2 Å². The highest BCUT2D eigenvalue weighted by Gasteiger charge is 2.43. The summed E-state index contributed by atoms with van der Waals surface area (Å²) in [6, 6.07) is 3.57. The van der Waals surface area contributed by atoms with Crippen LogP contribution >= 0.6 is 0 Å². The molecule has 12 heteroatoms. The number of halogens is 1. The van der Waals surface area contributed by atoms with E-state index < -0.39 is 39.5 Å². The first-order valence-electron chi connectivity index (χ1n) is 11.1. The predicted molar refractivity (Wildman–Crippen MR) is 125 cm³/mol. The Bertz CT molecular complexity index is 1280. The van der Waals surface area contributed by atoms with Crippen molar-refractivity contribution in [2.75, 3.05) is 25.0 Å². The van der Waals surface area contributed by atoms with Gasteiger partial charge in [0.1, 0.15) is 16.3 Å². The molecule has 4 rings (SSSR count). The van der Waals surface area contributed by atoms with Gasteiger partial charge < -0.3 is 24.3 Å². The van der Waals surface area contributed by atoms with E-state index in [-0.39, 0.29) is 42.0 Å². The fourth-order valence-electron chi connectivity index (χ4n) is 4.19. The molecule has 190 valence electrons. The van der Waals surface area contributed by atoms with E-state index in [9.17, 15) is 22.4 Å². The van der Waals surface area contributed by atoms with Crippen molar-refractivity contribution >= 4 is 27.7 Å². The van der Waals surface area contributed by atoms with Crippen LogP contribution in [0.3, 0.4) is 0 Å². The van der Waals surface area contributed by atoms with E-state index in [1.54, 1.807) is 34.7 Å². The van der Waals surface area contributed by atoms with Crippen molar-refractivity contribution in [2.24, 2.45) is 13.0 Å². The van der Waals surface area contributed by atoms with E-state index in [1.807, 2.05) is 0 Å². The molecular formula is C23H29FN4O6S. The van der Waals surface area contributed by atoms with Crippen LogP contribution in [0.1, 0.15) is 36.8 Å². The molecule has 3 heterocycles. The van der Waals surface area contributed by atoms with Crippen LogP contribution in [0.2, 0.25) is 0 Å². The molecule has 2 aliphatic heterocycles. The number of benzene rings is 1. The minimum absolute atomic E-state index is 0.00722. The Morgan fingerprint density at radius 1 is 1.26 bits per heavy atom. The van der Waals surface area contributed by atoms with E-state index in [1.165, 1.54) is 33.9 Å². The Morgan fingerprint density at radius 3 is 2.63 bits per heavy atom. The highest BCUT2D eigenvalue weighted by Crippen LogP contribution is 2.35. The van der Waals surface area contributed by atoms with Gasteiger partial charge in [-0.15, -0.1) is 0 Å². The van der Waals surface area contributed by atoms with Crippen molar-refractivity contribution in [3.63, 3.8) is 0 Å². The number of carbonyl (C=O) groups excluding carboxylic acids is 2. The summed E-state index contributed by atoms with van der Waals surface area (Å²) in [5.41, 5.74) is 0.0409. The summed E-state index contributed by atoms with van der Waals surface area (Å²) < 4.78 is 55.4. The van der Waals surface area contributed by atoms with Crippen LogP contribution in [0.15, 0.2) is 29.3 Å². The minimum Gasteiger partial charge on any atom is -0.489 e. The maximum atomic E-state index is 13.6. The van der Waals surface area contributed by atoms with Gasteiger partial charge in [-0.1, -0.05) is 0 Å². The first-order chi connectivity index (χ1) is 16.2. The molecule has 1 fully saturated rings. The molecule has 0 spiro atoms. The lowest BCUT2D eigenvalue weighted by atomic mass is 10.1. The Morgan fingerprint density at radius 2 is 1.97 bits per heavy atom. The zero-order chi connectivity index (χ0) is 25.7. The molecule has 35 heavy (non-hydrogen) atoms. The summed E-state index contributed by atoms with van der Waals surface area (Å²) in [6.45, 7) is 7.30. The van der Waals surface area contributed by atoms with Gasteiger partial charge in [0.05, 0.1) is 6.61 Å². The summed E-state index contributed by atoms with van der Waals surface area (Å²) in [7, 11) is -2.52. The molecule has 2 aromatic rings. The molecule has 2 atom stereocenters. The highest BCUT2D eigenvalue weighted by atomic mass is 32.2. The van der Waals surface area contributed by atoms with Gasteiger partial charge in [0, 0.05) is 44.0 Å². The molecular weight excluding hydrogens is 479 g/mol. The number of aromatic nitrogens is 1. The number of anilines is 1. The van der Waals surface area contributed by atoms with Crippen LogP contribution in [0.4, 0.5) is 14.9 Å². The smallest absolute Gasteiger partial charge is 0.410 e. The molecule has 1 aromatic heterocycles. The summed E-state index contributed by atoms with van der Waals surface area (Å²) in [6.07, 6.45) is 0.778. The molecule has 1 aromatic carbocycles. The number of nitrogens with zero attached hydrogens (tertiary/aromatic N) is 2. The molecule has 0 bridgehead atoms. The van der Waals surface area contributed by atoms with Crippen molar-refractivity contribution < 1.29 is 31.9 Å². The van der Waals surface area contributed by atoms with E-state index >= 15 is 0 Å². The zero-order valence-electron chi connectivity index (χ0n) is 20.2. The minimum atomic E-state index is -4.06. The number of amides is 2. The van der Waals surface area contributed by atoms with Gasteiger partial charge in [-0.2, -0.15) is 0 Å². The van der Waals surface area contributed by atoms with Gasteiger partial charge in [-0.3, -0.25) is 4.79 Å². The molecule has 2 unspecified atom stereocenters. The van der Waals surface area contributed by atoms with Gasteiger partial charge >= 0.3 is 6.09 Å². The molecule has 2 amide bonds. The number of carbonyl (C=O) groups is 2. The lowest BCUT2D eigenvalue weighted by molar-refractivity contribution is 0.0283. The SMILES string of the molecule is Cc1cc(NC(=O)c2c3c(cn2C)S(=O)(=O)NC2CN(C(=O)OC(C)(C)C)CC2CO3)ccc1F. The van der Waals surface area contributed by atoms with Gasteiger partial charge in [0.2, 0.25) is 10.0 Å². The molecule has 2 N–H and O–H groups in total. The number of nitrogens with one attached hydrogen (secondary N) is 2. The van der Waals surface area contributed by atoms with Gasteiger partial charge in [0.25, 0.3) is 5.91 Å². The Kier molecular flexibility index (Phi) is 6.30. The summed E-state index contributed by atoms with van der Waals surface area (Å²) in [5.74, 6) is -1.43. The van der Waals surface area contributed by atoms with E-state index in [2.05, 4.69) is 10.0 Å². The average Bonchev–Trinajstić information content (AvgIpc) is 3.27. The maximum Gasteiger partial charge on any atom is 0.410 e. The molecule has 0 saturated carbocycles. The van der Waals surface area contributed by atoms with Crippen molar-refractivity contribution in [1.29, 1.82) is 0 Å². The molecule has 0 aliphatic carbocycles. The average molecular weight is 509 g/mol. The number of sulfonamides is 1. The second-order valence-corrected chi connectivity index (χ2v) is 11.6. The van der Waals surface area contributed by atoms with Gasteiger partial charge in [-0.25, -0.2) is 22.3 Å². The third kappa shape index (κ3) is 5.13. The first-order valence-corrected chi connectivity index (χ1v) is 12.6. The van der Waals surface area contributed by atoms with Crippen LogP contribution in [0.5, 0.6) is 5.75 Å². The Balaban J connectivity index is 1.59. The lowest BCUT2D eigenvalue weighted by Crippen LogP contribution is -2.44. The van der Waals surface area contributed by atoms with Crippen LogP contribution in [0, 0.1) is 18.7 Å². The van der Waals surface area contributed by atoms with Crippen LogP contribution in [0.25, 0.3) is 0 Å². The third-order valence-electron chi connectivity index (χ3n) is 5.86. The second kappa shape index (κ2) is 8.83. The molecule has 10 nitrogen and oxygen atoms in total. The van der Waals surface area contributed by atoms with Crippen LogP contribution in [-0.4, -0.2) is 61.2 Å². The zero-order valence-corrected chi connectivity index (χ0v) is 21.0. The van der Waals surface area contributed by atoms with E-state index in [0.717, 1.165) is 0 Å². The number of ether oxygens (including phenoxy) is 2. The number of hydrogen-bond donors (Lipinski definition) is 2. The third-order valence-corrected chi connectivity index (χ3v) is 7.35. The standard InChI is InChI=1S/C23H29FN4O6S/c1-13-8-15(6-7-16(13)24)25-21(29)19-20-18(11-27(19)5)35(31,32)26-17-10-28(9-14(17)12-33-20)22(30)34-23(2,3)4/h6-8,11,14,17,26H,9-10,12H2,1-5H3,(H,25,29). The summed E-state index contributed by atoms with van der Waals surface area (Å²) >= 11 is 0. The fraction of sp³-hybridized carbons (Fsp3) is 0.478. The fourth-order valence-corrected chi connectivity index (χ4v) is 5.67. The van der Waals surface area contributed by atoms with E-state index in [0.29, 0.717) is 11.3 Å². The highest BCUT2D eigenvalue weighted by molar-refractivity contribution is 7.89. The summed E-state index contributed by atoms with van der Waals surface area (Å²) in [5, 5.41) is 2.67. The molecule has 1 saturated heterocycles. The van der Waals surface area contributed by atoms with Gasteiger partial charge in [-0.05, 0) is 51.5 Å². The van der Waals surface area contributed by atoms with Gasteiger partial charge in [0.15, 0.2) is 11.4 Å². The lowest BCUT2D eigenvalue weighted by Gasteiger charge is -2.24.